The number of rotatable bonds is 20. The SMILES string of the molecule is CCN=C(N)CCNC(=O)c1cc(NC(=O)c2ccc(C(=O)Nc3cc(C(=O)NCCC(N)=NCC)n(CCC(C)C)c3)nc2)cn1CCC(C)C. The fraction of sp³-hybridized carbons (Fsp3) is 0.486. The van der Waals surface area contributed by atoms with Crippen LogP contribution >= 0.6 is 0 Å². The van der Waals surface area contributed by atoms with Gasteiger partial charge >= 0.3 is 0 Å². The monoisotopic (exact) mass is 717 g/mol. The van der Waals surface area contributed by atoms with Crippen LogP contribution in [0.4, 0.5) is 11.4 Å². The van der Waals surface area contributed by atoms with Crippen molar-refractivity contribution in [1.82, 2.24) is 24.8 Å². The minimum atomic E-state index is -0.496. The molecule has 15 heteroatoms. The molecule has 0 radical (unpaired) electrons. The number of amides is 4. The van der Waals surface area contributed by atoms with Crippen LogP contribution < -0.4 is 32.7 Å². The zero-order valence-electron chi connectivity index (χ0n) is 31.3. The minimum absolute atomic E-state index is 0.0894. The first-order valence-electron chi connectivity index (χ1n) is 17.9. The van der Waals surface area contributed by atoms with Crippen LogP contribution in [0.25, 0.3) is 0 Å². The van der Waals surface area contributed by atoms with Gasteiger partial charge in [0.05, 0.1) is 28.6 Å². The molecule has 282 valence electrons. The molecule has 52 heavy (non-hydrogen) atoms. The van der Waals surface area contributed by atoms with Crippen LogP contribution in [-0.2, 0) is 13.1 Å². The molecular formula is C37H55N11O4. The molecule has 0 saturated heterocycles. The van der Waals surface area contributed by atoms with Crippen LogP contribution in [0.3, 0.4) is 0 Å². The van der Waals surface area contributed by atoms with Gasteiger partial charge in [-0.15, -0.1) is 0 Å². The first-order chi connectivity index (χ1) is 24.8. The lowest BCUT2D eigenvalue weighted by Crippen LogP contribution is -2.29. The number of nitrogens with zero attached hydrogens (tertiary/aromatic N) is 5. The number of aromatic nitrogens is 3. The van der Waals surface area contributed by atoms with E-state index in [0.29, 0.717) is 98.4 Å². The van der Waals surface area contributed by atoms with Crippen LogP contribution in [0.2, 0.25) is 0 Å². The maximum atomic E-state index is 13.2. The van der Waals surface area contributed by atoms with E-state index in [1.54, 1.807) is 24.5 Å². The average molecular weight is 718 g/mol. The van der Waals surface area contributed by atoms with Gasteiger partial charge < -0.3 is 41.9 Å². The van der Waals surface area contributed by atoms with E-state index in [1.165, 1.54) is 18.3 Å². The second-order valence-corrected chi connectivity index (χ2v) is 13.3. The van der Waals surface area contributed by atoms with E-state index >= 15 is 0 Å². The minimum Gasteiger partial charge on any atom is -0.387 e. The van der Waals surface area contributed by atoms with Gasteiger partial charge in [-0.05, 0) is 62.8 Å². The number of hydrogen-bond donors (Lipinski definition) is 6. The summed E-state index contributed by atoms with van der Waals surface area (Å²) in [6.45, 7) is 15.2. The second-order valence-electron chi connectivity index (χ2n) is 13.3. The van der Waals surface area contributed by atoms with E-state index in [2.05, 4.69) is 63.9 Å². The number of amidine groups is 2. The number of nitrogens with two attached hydrogens (primary N) is 2. The first-order valence-corrected chi connectivity index (χ1v) is 17.9. The van der Waals surface area contributed by atoms with Crippen molar-refractivity contribution < 1.29 is 19.2 Å². The van der Waals surface area contributed by atoms with Crippen molar-refractivity contribution in [2.45, 2.75) is 80.3 Å². The Bertz CT molecular complexity index is 1590. The standard InChI is InChI=1S/C37H55N11O4/c1-7-40-32(38)11-15-42-36(51)30-19-27(22-47(30)17-13-24(3)4)45-34(49)26-9-10-29(44-21-26)35(50)46-28-20-31(48(23-28)18-14-25(5)6)37(52)43-16-12-33(39)41-8-2/h9-10,19-25H,7-8,11-18H2,1-6H3,(H2,38,40)(H2,39,41)(H,42,51)(H,43,52)(H,45,49)(H,46,50). The Morgan fingerprint density at radius 3 is 1.58 bits per heavy atom. The summed E-state index contributed by atoms with van der Waals surface area (Å²) >= 11 is 0. The van der Waals surface area contributed by atoms with Crippen LogP contribution in [0, 0.1) is 11.8 Å². The van der Waals surface area contributed by atoms with Crippen molar-refractivity contribution in [2.75, 3.05) is 36.8 Å². The third-order valence-corrected chi connectivity index (χ3v) is 7.98. The summed E-state index contributed by atoms with van der Waals surface area (Å²) in [5, 5.41) is 11.4. The quantitative estimate of drug-likeness (QED) is 0.0736. The highest BCUT2D eigenvalue weighted by atomic mass is 16.2. The van der Waals surface area contributed by atoms with Crippen molar-refractivity contribution in [2.24, 2.45) is 33.3 Å². The number of aliphatic imine (C=N–C) groups is 2. The summed E-state index contributed by atoms with van der Waals surface area (Å²) in [6.07, 6.45) is 7.32. The number of nitrogens with one attached hydrogen (secondary N) is 4. The molecule has 0 unspecified atom stereocenters. The smallest absolute Gasteiger partial charge is 0.274 e. The Labute approximate surface area is 306 Å². The summed E-state index contributed by atoms with van der Waals surface area (Å²) in [5.74, 6) is 0.265. The largest absolute Gasteiger partial charge is 0.387 e. The van der Waals surface area contributed by atoms with Crippen molar-refractivity contribution >= 4 is 46.7 Å². The molecule has 0 atom stereocenters. The molecular weight excluding hydrogens is 662 g/mol. The van der Waals surface area contributed by atoms with E-state index in [4.69, 9.17) is 11.5 Å². The summed E-state index contributed by atoms with van der Waals surface area (Å²) in [7, 11) is 0. The molecule has 3 aromatic heterocycles. The molecule has 3 heterocycles. The molecule has 15 nitrogen and oxygen atoms in total. The first kappa shape index (κ1) is 41.0. The third kappa shape index (κ3) is 13.0. The van der Waals surface area contributed by atoms with Gasteiger partial charge in [-0.2, -0.15) is 0 Å². The van der Waals surface area contributed by atoms with Crippen LogP contribution in [-0.4, -0.2) is 75.6 Å². The van der Waals surface area contributed by atoms with Crippen LogP contribution in [0.1, 0.15) is 109 Å². The van der Waals surface area contributed by atoms with Gasteiger partial charge in [0.25, 0.3) is 23.6 Å². The van der Waals surface area contributed by atoms with Gasteiger partial charge in [0, 0.05) is 70.7 Å². The molecule has 3 rings (SSSR count). The van der Waals surface area contributed by atoms with Gasteiger partial charge in [0.1, 0.15) is 17.1 Å². The fourth-order valence-corrected chi connectivity index (χ4v) is 5.12. The normalized spacial score (nSPS) is 11.9. The number of anilines is 2. The molecule has 0 fully saturated rings. The maximum Gasteiger partial charge on any atom is 0.274 e. The van der Waals surface area contributed by atoms with E-state index in [1.807, 2.05) is 23.0 Å². The lowest BCUT2D eigenvalue weighted by Gasteiger charge is -2.11. The van der Waals surface area contributed by atoms with Gasteiger partial charge in [0.2, 0.25) is 0 Å². The van der Waals surface area contributed by atoms with Gasteiger partial charge in [0.15, 0.2) is 0 Å². The summed E-state index contributed by atoms with van der Waals surface area (Å²) in [4.78, 5) is 64.9. The number of aryl methyl sites for hydroxylation is 2. The molecule has 0 saturated carbocycles. The van der Waals surface area contributed by atoms with E-state index in [9.17, 15) is 19.2 Å². The highest BCUT2D eigenvalue weighted by molar-refractivity contribution is 6.07. The van der Waals surface area contributed by atoms with Crippen molar-refractivity contribution in [3.8, 4) is 0 Å². The van der Waals surface area contributed by atoms with E-state index in [-0.39, 0.29) is 23.1 Å². The maximum absolute atomic E-state index is 13.2. The number of carbonyl (C=O) groups is 4. The van der Waals surface area contributed by atoms with Gasteiger partial charge in [-0.3, -0.25) is 34.1 Å². The van der Waals surface area contributed by atoms with Crippen LogP contribution in [0.15, 0.2) is 52.8 Å². The lowest BCUT2D eigenvalue weighted by molar-refractivity contribution is 0.0937. The Kier molecular flexibility index (Phi) is 16.1. The number of pyridine rings is 1. The number of hydrogen-bond acceptors (Lipinski definition) is 7. The Morgan fingerprint density at radius 1 is 0.712 bits per heavy atom. The van der Waals surface area contributed by atoms with E-state index in [0.717, 1.165) is 12.8 Å². The predicted molar refractivity (Wildman–Crippen MR) is 206 cm³/mol. The highest BCUT2D eigenvalue weighted by Gasteiger charge is 2.19. The molecule has 0 aliphatic carbocycles. The topological polar surface area (TPSA) is 216 Å². The van der Waals surface area contributed by atoms with Crippen molar-refractivity contribution in [3.05, 3.63) is 65.5 Å². The van der Waals surface area contributed by atoms with Gasteiger partial charge in [-0.1, -0.05) is 27.7 Å². The molecule has 4 amide bonds. The highest BCUT2D eigenvalue weighted by Crippen LogP contribution is 2.19. The molecule has 0 bridgehead atoms. The number of carbonyl (C=O) groups excluding carboxylic acids is 4. The van der Waals surface area contributed by atoms with E-state index < -0.39 is 11.8 Å². The molecule has 3 aromatic rings. The zero-order chi connectivity index (χ0) is 38.2. The second kappa shape index (κ2) is 20.4. The molecule has 8 N–H and O–H groups in total. The van der Waals surface area contributed by atoms with Crippen molar-refractivity contribution in [1.29, 1.82) is 0 Å². The molecule has 0 aromatic carbocycles. The van der Waals surface area contributed by atoms with Crippen LogP contribution in [0.5, 0.6) is 0 Å². The van der Waals surface area contributed by atoms with Gasteiger partial charge in [-0.25, -0.2) is 0 Å². The summed E-state index contributed by atoms with van der Waals surface area (Å²) < 4.78 is 3.64. The zero-order valence-corrected chi connectivity index (χ0v) is 31.3. The third-order valence-electron chi connectivity index (χ3n) is 7.98. The Morgan fingerprint density at radius 2 is 1.17 bits per heavy atom. The lowest BCUT2D eigenvalue weighted by atomic mass is 10.1. The fourth-order valence-electron chi connectivity index (χ4n) is 5.12. The Hall–Kier alpha value is -5.47. The predicted octanol–water partition coefficient (Wildman–Crippen LogP) is 4.28. The molecule has 0 aliphatic rings. The Balaban J connectivity index is 1.68. The molecule has 0 spiro atoms. The summed E-state index contributed by atoms with van der Waals surface area (Å²) in [6, 6.07) is 6.21. The van der Waals surface area contributed by atoms with Crippen molar-refractivity contribution in [3.63, 3.8) is 0 Å². The summed E-state index contributed by atoms with van der Waals surface area (Å²) in [5.41, 5.74) is 13.7. The average Bonchev–Trinajstić information content (AvgIpc) is 3.70. The molecule has 0 aliphatic heterocycles.